The fourth-order valence-electron chi connectivity index (χ4n) is 3.44. The standard InChI is InChI=1S/C19H24N2O/c1-21(15-19(22)9-2-3-10-19)14-16-6-4-7-17(12-16)18-8-5-11-20-13-18/h4-8,11-13,22H,2-3,9-10,14-15H2,1H3. The van der Waals surface area contributed by atoms with Crippen molar-refractivity contribution >= 4 is 0 Å². The Bertz CT molecular complexity index is 606. The predicted octanol–water partition coefficient (Wildman–Crippen LogP) is 3.49. The highest BCUT2D eigenvalue weighted by Crippen LogP contribution is 2.30. The second kappa shape index (κ2) is 6.59. The van der Waals surface area contributed by atoms with E-state index in [0.29, 0.717) is 0 Å². The highest BCUT2D eigenvalue weighted by molar-refractivity contribution is 5.62. The maximum atomic E-state index is 10.5. The molecule has 0 unspecified atom stereocenters. The quantitative estimate of drug-likeness (QED) is 0.917. The molecule has 2 aromatic rings. The summed E-state index contributed by atoms with van der Waals surface area (Å²) in [5.41, 5.74) is 3.13. The minimum atomic E-state index is -0.476. The number of aliphatic hydroxyl groups is 1. The fourth-order valence-corrected chi connectivity index (χ4v) is 3.44. The molecule has 116 valence electrons. The van der Waals surface area contributed by atoms with Crippen molar-refractivity contribution in [3.63, 3.8) is 0 Å². The van der Waals surface area contributed by atoms with Gasteiger partial charge in [0, 0.05) is 25.5 Å². The number of nitrogens with zero attached hydrogens (tertiary/aromatic N) is 2. The lowest BCUT2D eigenvalue weighted by atomic mass is 10.0. The van der Waals surface area contributed by atoms with Gasteiger partial charge in [-0.2, -0.15) is 0 Å². The van der Waals surface area contributed by atoms with Gasteiger partial charge in [0.25, 0.3) is 0 Å². The average molecular weight is 296 g/mol. The second-order valence-electron chi connectivity index (χ2n) is 6.55. The molecule has 1 N–H and O–H groups in total. The topological polar surface area (TPSA) is 36.4 Å². The van der Waals surface area contributed by atoms with Crippen molar-refractivity contribution in [1.82, 2.24) is 9.88 Å². The molecule has 0 atom stereocenters. The first kappa shape index (κ1) is 15.2. The second-order valence-corrected chi connectivity index (χ2v) is 6.55. The van der Waals surface area contributed by atoms with Crippen LogP contribution in [0, 0.1) is 0 Å². The van der Waals surface area contributed by atoms with Gasteiger partial charge in [-0.15, -0.1) is 0 Å². The zero-order chi connectivity index (χ0) is 15.4. The van der Waals surface area contributed by atoms with Gasteiger partial charge in [0.2, 0.25) is 0 Å². The number of aromatic nitrogens is 1. The Morgan fingerprint density at radius 2 is 1.91 bits per heavy atom. The average Bonchev–Trinajstić information content (AvgIpc) is 2.94. The summed E-state index contributed by atoms with van der Waals surface area (Å²) in [5.74, 6) is 0. The summed E-state index contributed by atoms with van der Waals surface area (Å²) in [6.45, 7) is 1.61. The zero-order valence-electron chi connectivity index (χ0n) is 13.2. The lowest BCUT2D eigenvalue weighted by molar-refractivity contribution is 0.0145. The molecule has 1 aromatic heterocycles. The van der Waals surface area contributed by atoms with Crippen LogP contribution in [0.25, 0.3) is 11.1 Å². The first-order valence-corrected chi connectivity index (χ1v) is 8.05. The smallest absolute Gasteiger partial charge is 0.0774 e. The number of pyridine rings is 1. The molecule has 3 nitrogen and oxygen atoms in total. The summed E-state index contributed by atoms with van der Waals surface area (Å²) in [5, 5.41) is 10.5. The fraction of sp³-hybridized carbons (Fsp3) is 0.421. The van der Waals surface area contributed by atoms with Gasteiger partial charge in [-0.25, -0.2) is 0 Å². The Kier molecular flexibility index (Phi) is 4.55. The Hall–Kier alpha value is -1.71. The van der Waals surface area contributed by atoms with E-state index in [1.807, 2.05) is 12.3 Å². The van der Waals surface area contributed by atoms with Gasteiger partial charge in [-0.1, -0.05) is 37.1 Å². The van der Waals surface area contributed by atoms with Crippen molar-refractivity contribution in [3.8, 4) is 11.1 Å². The number of hydrogen-bond donors (Lipinski definition) is 1. The Morgan fingerprint density at radius 1 is 1.14 bits per heavy atom. The van der Waals surface area contributed by atoms with Gasteiger partial charge < -0.3 is 5.11 Å². The summed E-state index contributed by atoms with van der Waals surface area (Å²) >= 11 is 0. The normalized spacial score (nSPS) is 17.0. The van der Waals surface area contributed by atoms with E-state index in [9.17, 15) is 5.11 Å². The van der Waals surface area contributed by atoms with E-state index >= 15 is 0 Å². The Balaban J connectivity index is 1.68. The van der Waals surface area contributed by atoms with E-state index in [4.69, 9.17) is 0 Å². The third-order valence-corrected chi connectivity index (χ3v) is 4.47. The molecule has 0 amide bonds. The molecule has 0 bridgehead atoms. The first-order chi connectivity index (χ1) is 10.6. The number of likely N-dealkylation sites (N-methyl/N-ethyl adjacent to an activating group) is 1. The molecule has 0 aliphatic heterocycles. The van der Waals surface area contributed by atoms with Crippen LogP contribution in [0.4, 0.5) is 0 Å². The summed E-state index contributed by atoms with van der Waals surface area (Å²) in [7, 11) is 2.09. The molecule has 3 rings (SSSR count). The maximum absolute atomic E-state index is 10.5. The van der Waals surface area contributed by atoms with Crippen LogP contribution >= 0.6 is 0 Å². The third kappa shape index (κ3) is 3.73. The minimum Gasteiger partial charge on any atom is -0.389 e. The Morgan fingerprint density at radius 3 is 2.64 bits per heavy atom. The summed E-state index contributed by atoms with van der Waals surface area (Å²) in [6.07, 6.45) is 7.87. The van der Waals surface area contributed by atoms with Crippen molar-refractivity contribution in [2.45, 2.75) is 37.8 Å². The van der Waals surface area contributed by atoms with Crippen LogP contribution in [0.1, 0.15) is 31.2 Å². The molecule has 0 spiro atoms. The molecular formula is C19H24N2O. The lowest BCUT2D eigenvalue weighted by Crippen LogP contribution is -2.38. The van der Waals surface area contributed by atoms with Crippen LogP contribution in [0.2, 0.25) is 0 Å². The van der Waals surface area contributed by atoms with E-state index in [2.05, 4.69) is 47.3 Å². The summed E-state index contributed by atoms with van der Waals surface area (Å²) in [4.78, 5) is 6.42. The van der Waals surface area contributed by atoms with Gasteiger partial charge in [-0.3, -0.25) is 9.88 Å². The molecule has 0 radical (unpaired) electrons. The Labute approximate surface area is 132 Å². The molecule has 1 aliphatic rings. The van der Waals surface area contributed by atoms with Crippen LogP contribution in [-0.2, 0) is 6.54 Å². The molecular weight excluding hydrogens is 272 g/mol. The van der Waals surface area contributed by atoms with Gasteiger partial charge in [0.05, 0.1) is 5.60 Å². The molecule has 1 aromatic carbocycles. The highest BCUT2D eigenvalue weighted by Gasteiger charge is 2.32. The van der Waals surface area contributed by atoms with E-state index in [1.54, 1.807) is 6.20 Å². The van der Waals surface area contributed by atoms with Gasteiger partial charge in [0.15, 0.2) is 0 Å². The number of benzene rings is 1. The van der Waals surface area contributed by atoms with Crippen molar-refractivity contribution < 1.29 is 5.11 Å². The van der Waals surface area contributed by atoms with E-state index in [1.165, 1.54) is 11.1 Å². The zero-order valence-corrected chi connectivity index (χ0v) is 13.2. The number of hydrogen-bond acceptors (Lipinski definition) is 3. The monoisotopic (exact) mass is 296 g/mol. The largest absolute Gasteiger partial charge is 0.389 e. The summed E-state index contributed by atoms with van der Waals surface area (Å²) in [6, 6.07) is 12.6. The molecule has 1 aliphatic carbocycles. The molecule has 3 heteroatoms. The molecule has 1 heterocycles. The lowest BCUT2D eigenvalue weighted by Gasteiger charge is -2.28. The summed E-state index contributed by atoms with van der Waals surface area (Å²) < 4.78 is 0. The van der Waals surface area contributed by atoms with Gasteiger partial charge in [-0.05, 0) is 48.7 Å². The van der Waals surface area contributed by atoms with Crippen LogP contribution in [0.5, 0.6) is 0 Å². The first-order valence-electron chi connectivity index (χ1n) is 8.05. The van der Waals surface area contributed by atoms with Crippen LogP contribution in [0.15, 0.2) is 48.8 Å². The number of rotatable bonds is 5. The molecule has 0 saturated heterocycles. The third-order valence-electron chi connectivity index (χ3n) is 4.47. The molecule has 1 fully saturated rings. The van der Waals surface area contributed by atoms with Crippen LogP contribution < -0.4 is 0 Å². The predicted molar refractivity (Wildman–Crippen MR) is 89.4 cm³/mol. The highest BCUT2D eigenvalue weighted by atomic mass is 16.3. The SMILES string of the molecule is CN(Cc1cccc(-c2cccnc2)c1)CC1(O)CCCC1. The minimum absolute atomic E-state index is 0.476. The van der Waals surface area contributed by atoms with Gasteiger partial charge in [0.1, 0.15) is 0 Å². The van der Waals surface area contributed by atoms with Crippen LogP contribution in [0.3, 0.4) is 0 Å². The van der Waals surface area contributed by atoms with Crippen LogP contribution in [-0.4, -0.2) is 34.2 Å². The molecule has 22 heavy (non-hydrogen) atoms. The van der Waals surface area contributed by atoms with Crippen molar-refractivity contribution in [1.29, 1.82) is 0 Å². The van der Waals surface area contributed by atoms with E-state index in [0.717, 1.165) is 44.3 Å². The van der Waals surface area contributed by atoms with Gasteiger partial charge >= 0.3 is 0 Å². The van der Waals surface area contributed by atoms with Crippen molar-refractivity contribution in [2.75, 3.05) is 13.6 Å². The maximum Gasteiger partial charge on any atom is 0.0774 e. The van der Waals surface area contributed by atoms with E-state index in [-0.39, 0.29) is 0 Å². The van der Waals surface area contributed by atoms with Crippen molar-refractivity contribution in [3.05, 3.63) is 54.4 Å². The molecule has 1 saturated carbocycles. The van der Waals surface area contributed by atoms with Crippen molar-refractivity contribution in [2.24, 2.45) is 0 Å². The van der Waals surface area contributed by atoms with E-state index < -0.39 is 5.60 Å².